The molecule has 8 nitrogen and oxygen atoms in total. The van der Waals surface area contributed by atoms with Crippen molar-refractivity contribution in [3.05, 3.63) is 35.0 Å². The van der Waals surface area contributed by atoms with Crippen molar-refractivity contribution < 1.29 is 23.5 Å². The van der Waals surface area contributed by atoms with E-state index in [1.165, 1.54) is 7.11 Å². The first-order valence-corrected chi connectivity index (χ1v) is 9.82. The van der Waals surface area contributed by atoms with E-state index >= 15 is 0 Å². The van der Waals surface area contributed by atoms with Crippen LogP contribution < -0.4 is 9.47 Å². The Labute approximate surface area is 171 Å². The summed E-state index contributed by atoms with van der Waals surface area (Å²) in [5, 5.41) is 4.13. The first-order valence-electron chi connectivity index (χ1n) is 9.82. The van der Waals surface area contributed by atoms with Crippen molar-refractivity contribution in [2.75, 3.05) is 27.9 Å². The van der Waals surface area contributed by atoms with Gasteiger partial charge in [0.1, 0.15) is 0 Å². The number of esters is 1. The second-order valence-corrected chi connectivity index (χ2v) is 7.62. The van der Waals surface area contributed by atoms with Crippen LogP contribution in [0.1, 0.15) is 49.2 Å². The second kappa shape index (κ2) is 9.26. The van der Waals surface area contributed by atoms with E-state index in [1.807, 2.05) is 12.1 Å². The second-order valence-electron chi connectivity index (χ2n) is 7.62. The highest BCUT2D eigenvalue weighted by molar-refractivity contribution is 5.70. The zero-order valence-corrected chi connectivity index (χ0v) is 17.7. The Balaban J connectivity index is 1.89. The molecule has 8 heteroatoms. The van der Waals surface area contributed by atoms with Crippen LogP contribution in [-0.2, 0) is 28.9 Å². The lowest BCUT2D eigenvalue weighted by molar-refractivity contribution is -0.142. The van der Waals surface area contributed by atoms with Gasteiger partial charge in [-0.25, -0.2) is 0 Å². The molecule has 0 saturated heterocycles. The first-order chi connectivity index (χ1) is 13.9. The maximum absolute atomic E-state index is 12.1. The molecule has 0 spiro atoms. The number of carbonyl (C=O) groups excluding carboxylic acids is 1. The number of nitrogens with zero attached hydrogens (tertiary/aromatic N) is 3. The van der Waals surface area contributed by atoms with Gasteiger partial charge in [-0.1, -0.05) is 19.0 Å². The van der Waals surface area contributed by atoms with E-state index in [-0.39, 0.29) is 18.4 Å². The molecule has 158 valence electrons. The molecule has 3 rings (SSSR count). The van der Waals surface area contributed by atoms with Crippen molar-refractivity contribution in [3.63, 3.8) is 0 Å². The third-order valence-electron chi connectivity index (χ3n) is 5.14. The van der Waals surface area contributed by atoms with Crippen LogP contribution >= 0.6 is 0 Å². The summed E-state index contributed by atoms with van der Waals surface area (Å²) in [6, 6.07) is 3.78. The third kappa shape index (κ3) is 4.87. The molecule has 0 bridgehead atoms. The van der Waals surface area contributed by atoms with Crippen molar-refractivity contribution in [1.82, 2.24) is 15.0 Å². The summed E-state index contributed by atoms with van der Waals surface area (Å²) < 4.78 is 21.2. The molecule has 0 saturated carbocycles. The van der Waals surface area contributed by atoms with Gasteiger partial charge in [0.15, 0.2) is 17.3 Å². The minimum atomic E-state index is -0.267. The van der Waals surface area contributed by atoms with Crippen LogP contribution in [0.15, 0.2) is 16.7 Å². The summed E-state index contributed by atoms with van der Waals surface area (Å²) in [4.78, 5) is 18.8. The Morgan fingerprint density at radius 3 is 2.62 bits per heavy atom. The summed E-state index contributed by atoms with van der Waals surface area (Å²) in [7, 11) is 4.63. The molecule has 0 fully saturated rings. The van der Waals surface area contributed by atoms with Crippen molar-refractivity contribution in [1.29, 1.82) is 0 Å². The van der Waals surface area contributed by atoms with Crippen LogP contribution in [0.4, 0.5) is 0 Å². The summed E-state index contributed by atoms with van der Waals surface area (Å²) in [6.07, 6.45) is 1.80. The lowest BCUT2D eigenvalue weighted by atomic mass is 9.90. The Morgan fingerprint density at radius 1 is 1.24 bits per heavy atom. The number of carbonyl (C=O) groups is 1. The summed E-state index contributed by atoms with van der Waals surface area (Å²) >= 11 is 0. The Kier molecular flexibility index (Phi) is 6.74. The number of hydrogen-bond donors (Lipinski definition) is 0. The highest BCUT2D eigenvalue weighted by atomic mass is 16.5. The topological polar surface area (TPSA) is 86.9 Å². The highest BCUT2D eigenvalue weighted by Crippen LogP contribution is 2.40. The zero-order valence-electron chi connectivity index (χ0n) is 17.7. The van der Waals surface area contributed by atoms with Gasteiger partial charge in [-0.3, -0.25) is 9.69 Å². The van der Waals surface area contributed by atoms with Gasteiger partial charge in [-0.05, 0) is 35.6 Å². The average molecular weight is 403 g/mol. The molecular weight excluding hydrogens is 374 g/mol. The van der Waals surface area contributed by atoms with Gasteiger partial charge in [-0.2, -0.15) is 4.98 Å². The Morgan fingerprint density at radius 2 is 1.97 bits per heavy atom. The standard InChI is InChI=1S/C21H29N3O5/c1-13(2)8-20-22-19(23-29-20)12-24-7-6-14-9-17(26-3)18(27-4)10-15(14)16(24)11-21(25)28-5/h9-10,13,16H,6-8,11-12H2,1-5H3/t16-/m0/s1. The number of fused-ring (bicyclic) bond motifs is 1. The van der Waals surface area contributed by atoms with E-state index in [9.17, 15) is 4.79 Å². The van der Waals surface area contributed by atoms with Crippen LogP contribution in [0.2, 0.25) is 0 Å². The SMILES string of the molecule is COC(=O)C[C@H]1c2cc(OC)c(OC)cc2CCN1Cc1noc(CC(C)C)n1. The van der Waals surface area contributed by atoms with Crippen molar-refractivity contribution in [2.45, 2.75) is 45.7 Å². The zero-order chi connectivity index (χ0) is 21.0. The Bertz CT molecular complexity index is 849. The molecule has 1 aliphatic heterocycles. The first kappa shape index (κ1) is 21.1. The minimum Gasteiger partial charge on any atom is -0.493 e. The fourth-order valence-corrected chi connectivity index (χ4v) is 3.72. The molecule has 0 amide bonds. The maximum atomic E-state index is 12.1. The van der Waals surface area contributed by atoms with Crippen molar-refractivity contribution in [2.24, 2.45) is 5.92 Å². The monoisotopic (exact) mass is 403 g/mol. The molecular formula is C21H29N3O5. The molecule has 0 aliphatic carbocycles. The minimum absolute atomic E-state index is 0.168. The van der Waals surface area contributed by atoms with E-state index < -0.39 is 0 Å². The van der Waals surface area contributed by atoms with Gasteiger partial charge in [0.25, 0.3) is 0 Å². The number of methoxy groups -OCH3 is 3. The van der Waals surface area contributed by atoms with Crippen LogP contribution in [0.3, 0.4) is 0 Å². The number of ether oxygens (including phenoxy) is 3. The number of benzene rings is 1. The van der Waals surface area contributed by atoms with Crippen molar-refractivity contribution in [3.8, 4) is 11.5 Å². The fourth-order valence-electron chi connectivity index (χ4n) is 3.72. The molecule has 0 N–H and O–H groups in total. The van der Waals surface area contributed by atoms with E-state index in [0.29, 0.717) is 35.7 Å². The van der Waals surface area contributed by atoms with Crippen molar-refractivity contribution >= 4 is 5.97 Å². The van der Waals surface area contributed by atoms with E-state index in [2.05, 4.69) is 28.9 Å². The lowest BCUT2D eigenvalue weighted by Gasteiger charge is -2.36. The molecule has 1 atom stereocenters. The van der Waals surface area contributed by atoms with Gasteiger partial charge in [0, 0.05) is 19.0 Å². The van der Waals surface area contributed by atoms with Gasteiger partial charge < -0.3 is 18.7 Å². The van der Waals surface area contributed by atoms with Crippen LogP contribution in [-0.4, -0.2) is 48.9 Å². The van der Waals surface area contributed by atoms with Crippen LogP contribution in [0, 0.1) is 5.92 Å². The van der Waals surface area contributed by atoms with E-state index in [4.69, 9.17) is 18.7 Å². The summed E-state index contributed by atoms with van der Waals surface area (Å²) in [5.41, 5.74) is 2.17. The lowest BCUT2D eigenvalue weighted by Crippen LogP contribution is -2.36. The largest absolute Gasteiger partial charge is 0.493 e. The smallest absolute Gasteiger partial charge is 0.307 e. The molecule has 1 aromatic heterocycles. The normalized spacial score (nSPS) is 16.6. The van der Waals surface area contributed by atoms with Gasteiger partial charge in [0.05, 0.1) is 34.3 Å². The van der Waals surface area contributed by atoms with Gasteiger partial charge in [0.2, 0.25) is 5.89 Å². The Hall–Kier alpha value is -2.61. The summed E-state index contributed by atoms with van der Waals surface area (Å²) in [6.45, 7) is 5.48. The quantitative estimate of drug-likeness (QED) is 0.622. The number of hydrogen-bond acceptors (Lipinski definition) is 8. The van der Waals surface area contributed by atoms with E-state index in [1.54, 1.807) is 14.2 Å². The van der Waals surface area contributed by atoms with Gasteiger partial charge in [-0.15, -0.1) is 0 Å². The molecule has 2 heterocycles. The predicted octanol–water partition coefficient (Wildman–Crippen LogP) is 2.95. The molecule has 29 heavy (non-hydrogen) atoms. The maximum Gasteiger partial charge on any atom is 0.307 e. The predicted molar refractivity (Wildman–Crippen MR) is 106 cm³/mol. The van der Waals surface area contributed by atoms with Gasteiger partial charge >= 0.3 is 5.97 Å². The molecule has 1 aliphatic rings. The van der Waals surface area contributed by atoms with Crippen LogP contribution in [0.25, 0.3) is 0 Å². The number of aromatic nitrogens is 2. The number of rotatable bonds is 8. The summed E-state index contributed by atoms with van der Waals surface area (Å²) in [5.74, 6) is 2.77. The average Bonchev–Trinajstić information content (AvgIpc) is 3.14. The molecule has 1 aromatic carbocycles. The van der Waals surface area contributed by atoms with E-state index in [0.717, 1.165) is 30.5 Å². The molecule has 0 unspecified atom stereocenters. The molecule has 0 radical (unpaired) electrons. The van der Waals surface area contributed by atoms with Crippen LogP contribution in [0.5, 0.6) is 11.5 Å². The third-order valence-corrected chi connectivity index (χ3v) is 5.14. The highest BCUT2D eigenvalue weighted by Gasteiger charge is 2.32. The fraction of sp³-hybridized carbons (Fsp3) is 0.571. The molecule has 2 aromatic rings.